The van der Waals surface area contributed by atoms with E-state index in [4.69, 9.17) is 19.1 Å². The zero-order valence-corrected chi connectivity index (χ0v) is 25.4. The molecule has 0 aliphatic heterocycles. The lowest BCUT2D eigenvalue weighted by Gasteiger charge is -2.39. The summed E-state index contributed by atoms with van der Waals surface area (Å²) in [5, 5.41) is -0.0813. The van der Waals surface area contributed by atoms with E-state index in [-0.39, 0.29) is 35.4 Å². The third-order valence-corrected chi connectivity index (χ3v) is 11.3. The second-order valence-electron chi connectivity index (χ2n) is 11.5. The average molecular weight is 544 g/mol. The van der Waals surface area contributed by atoms with E-state index >= 15 is 0 Å². The summed E-state index contributed by atoms with van der Waals surface area (Å²) >= 11 is 0. The molecule has 0 amide bonds. The molecular weight excluding hydrogens is 501 g/mol. The summed E-state index contributed by atoms with van der Waals surface area (Å²) in [7, 11) is 2.81. The fraction of sp³-hybridized carbons (Fsp3) is 0.517. The van der Waals surface area contributed by atoms with Gasteiger partial charge in [0.15, 0.2) is 14.1 Å². The minimum atomic E-state index is -2.24. The second-order valence-corrected chi connectivity index (χ2v) is 16.3. The lowest BCUT2D eigenvalue weighted by molar-refractivity contribution is -0.142. The van der Waals surface area contributed by atoms with Gasteiger partial charge in [0.1, 0.15) is 5.82 Å². The number of rotatable bonds is 11. The van der Waals surface area contributed by atoms with Gasteiger partial charge in [0.05, 0.1) is 31.0 Å². The number of ketones is 1. The number of carbonyl (C=O) groups is 2. The summed E-state index contributed by atoms with van der Waals surface area (Å²) in [6, 6.07) is 6.10. The monoisotopic (exact) mass is 543 g/mol. The first kappa shape index (κ1) is 31.3. The van der Waals surface area contributed by atoms with Crippen molar-refractivity contribution < 1.29 is 23.1 Å². The minimum absolute atomic E-state index is 0.00130. The molecule has 0 fully saturated rings. The number of halogens is 1. The normalized spacial score (nSPS) is 13.2. The number of hydrogen-bond donors (Lipinski definition) is 0. The molecule has 0 bridgehead atoms. The molecule has 0 aliphatic rings. The molecule has 1 atom stereocenters. The SMILES string of the molecule is COC(=O)C[C@@H](CC(=O)/C=C/c1c(-c2ccc(F)cc2)nc(N(C)C)nc1C(C)C)O[Si](C)(C)C(C)(C)C. The van der Waals surface area contributed by atoms with Crippen molar-refractivity contribution in [2.45, 2.75) is 77.6 Å². The predicted molar refractivity (Wildman–Crippen MR) is 153 cm³/mol. The second kappa shape index (κ2) is 12.8. The molecule has 2 rings (SSSR count). The highest BCUT2D eigenvalue weighted by molar-refractivity contribution is 6.74. The molecule has 9 heteroatoms. The summed E-state index contributed by atoms with van der Waals surface area (Å²) in [5.74, 6) is -0.379. The largest absolute Gasteiger partial charge is 0.469 e. The molecule has 0 spiro atoms. The van der Waals surface area contributed by atoms with Gasteiger partial charge < -0.3 is 14.1 Å². The topological polar surface area (TPSA) is 81.6 Å². The van der Waals surface area contributed by atoms with Crippen LogP contribution in [0.1, 0.15) is 64.6 Å². The Labute approximate surface area is 227 Å². The molecule has 0 radical (unpaired) electrons. The number of anilines is 1. The van der Waals surface area contributed by atoms with Gasteiger partial charge in [-0.25, -0.2) is 14.4 Å². The third-order valence-electron chi connectivity index (χ3n) is 6.78. The van der Waals surface area contributed by atoms with Crippen LogP contribution in [-0.4, -0.2) is 57.3 Å². The first-order chi connectivity index (χ1) is 17.6. The number of ether oxygens (including phenoxy) is 1. The number of benzene rings is 1. The summed E-state index contributed by atoms with van der Waals surface area (Å²) in [6.07, 6.45) is 2.66. The minimum Gasteiger partial charge on any atom is -0.469 e. The molecule has 0 aliphatic carbocycles. The smallest absolute Gasteiger partial charge is 0.308 e. The molecular formula is C29H42FN3O4Si. The number of carbonyl (C=O) groups excluding carboxylic acids is 2. The molecule has 208 valence electrons. The van der Waals surface area contributed by atoms with Gasteiger partial charge in [-0.05, 0) is 60.5 Å². The fourth-order valence-corrected chi connectivity index (χ4v) is 4.95. The molecule has 2 aromatic rings. The van der Waals surface area contributed by atoms with Gasteiger partial charge in [0, 0.05) is 31.6 Å². The number of hydrogen-bond acceptors (Lipinski definition) is 7. The molecule has 38 heavy (non-hydrogen) atoms. The summed E-state index contributed by atoms with van der Waals surface area (Å²) in [4.78, 5) is 36.5. The molecule has 0 saturated carbocycles. The molecule has 0 unspecified atom stereocenters. The lowest BCUT2D eigenvalue weighted by Crippen LogP contribution is -2.44. The van der Waals surface area contributed by atoms with Crippen molar-refractivity contribution in [3.8, 4) is 11.3 Å². The Balaban J connectivity index is 2.48. The van der Waals surface area contributed by atoms with Crippen LogP contribution in [0.3, 0.4) is 0 Å². The Morgan fingerprint density at radius 3 is 2.18 bits per heavy atom. The van der Waals surface area contributed by atoms with Crippen LogP contribution in [0.15, 0.2) is 30.3 Å². The van der Waals surface area contributed by atoms with E-state index in [9.17, 15) is 14.0 Å². The molecule has 0 saturated heterocycles. The average Bonchev–Trinajstić information content (AvgIpc) is 2.81. The first-order valence-corrected chi connectivity index (χ1v) is 15.8. The van der Waals surface area contributed by atoms with Crippen molar-refractivity contribution in [3.63, 3.8) is 0 Å². The van der Waals surface area contributed by atoms with E-state index in [0.29, 0.717) is 17.2 Å². The number of methoxy groups -OCH3 is 1. The van der Waals surface area contributed by atoms with Crippen molar-refractivity contribution in [2.24, 2.45) is 0 Å². The molecule has 1 aromatic heterocycles. The van der Waals surface area contributed by atoms with Gasteiger partial charge in [-0.3, -0.25) is 9.59 Å². The van der Waals surface area contributed by atoms with Gasteiger partial charge in [0.2, 0.25) is 5.95 Å². The van der Waals surface area contributed by atoms with E-state index in [1.165, 1.54) is 25.3 Å². The first-order valence-electron chi connectivity index (χ1n) is 12.9. The zero-order valence-electron chi connectivity index (χ0n) is 24.4. The maximum atomic E-state index is 13.7. The van der Waals surface area contributed by atoms with E-state index in [0.717, 1.165) is 11.3 Å². The lowest BCUT2D eigenvalue weighted by atomic mass is 9.97. The highest BCUT2D eigenvalue weighted by Crippen LogP contribution is 2.38. The molecule has 1 aromatic carbocycles. The number of nitrogens with zero attached hydrogens (tertiary/aromatic N) is 3. The van der Waals surface area contributed by atoms with E-state index < -0.39 is 20.4 Å². The van der Waals surface area contributed by atoms with Crippen LogP contribution in [0.25, 0.3) is 17.3 Å². The van der Waals surface area contributed by atoms with Gasteiger partial charge in [-0.2, -0.15) is 0 Å². The van der Waals surface area contributed by atoms with Crippen LogP contribution in [0.4, 0.5) is 10.3 Å². The maximum Gasteiger partial charge on any atom is 0.308 e. The van der Waals surface area contributed by atoms with E-state index in [1.807, 2.05) is 32.8 Å². The Hall–Kier alpha value is -2.91. The van der Waals surface area contributed by atoms with Crippen molar-refractivity contribution in [3.05, 3.63) is 47.4 Å². The van der Waals surface area contributed by atoms with Crippen LogP contribution < -0.4 is 4.90 Å². The highest BCUT2D eigenvalue weighted by atomic mass is 28.4. The van der Waals surface area contributed by atoms with E-state index in [2.05, 4.69) is 33.9 Å². The number of aromatic nitrogens is 2. The van der Waals surface area contributed by atoms with Gasteiger partial charge in [-0.15, -0.1) is 0 Å². The van der Waals surface area contributed by atoms with Crippen molar-refractivity contribution in [1.29, 1.82) is 0 Å². The van der Waals surface area contributed by atoms with E-state index in [1.54, 1.807) is 18.2 Å². The Morgan fingerprint density at radius 1 is 1.08 bits per heavy atom. The van der Waals surface area contributed by atoms with Crippen LogP contribution >= 0.6 is 0 Å². The quantitative estimate of drug-likeness (QED) is 0.184. The highest BCUT2D eigenvalue weighted by Gasteiger charge is 2.40. The Morgan fingerprint density at radius 2 is 1.68 bits per heavy atom. The van der Waals surface area contributed by atoms with Crippen LogP contribution in [-0.2, 0) is 18.8 Å². The van der Waals surface area contributed by atoms with Crippen LogP contribution in [0.2, 0.25) is 18.1 Å². The van der Waals surface area contributed by atoms with Gasteiger partial charge >= 0.3 is 5.97 Å². The maximum absolute atomic E-state index is 13.7. The third kappa shape index (κ3) is 8.29. The van der Waals surface area contributed by atoms with Crippen molar-refractivity contribution >= 4 is 32.1 Å². The van der Waals surface area contributed by atoms with Crippen molar-refractivity contribution in [1.82, 2.24) is 9.97 Å². The fourth-order valence-electron chi connectivity index (χ4n) is 3.59. The van der Waals surface area contributed by atoms with Gasteiger partial charge in [-0.1, -0.05) is 34.6 Å². The Bertz CT molecular complexity index is 1160. The summed E-state index contributed by atoms with van der Waals surface area (Å²) < 4.78 is 24.9. The zero-order chi connectivity index (χ0) is 28.8. The van der Waals surface area contributed by atoms with Crippen LogP contribution in [0, 0.1) is 5.82 Å². The van der Waals surface area contributed by atoms with Gasteiger partial charge in [0.25, 0.3) is 0 Å². The molecule has 7 nitrogen and oxygen atoms in total. The summed E-state index contributed by atoms with van der Waals surface area (Å²) in [5.41, 5.74) is 2.80. The predicted octanol–water partition coefficient (Wildman–Crippen LogP) is 6.40. The number of allylic oxidation sites excluding steroid dienone is 1. The standard InChI is InChI=1S/C29H42FN3O4Si/c1-19(2)26-24(27(32-28(31-26)33(6)7)20-11-13-21(30)14-12-20)16-15-22(34)17-23(18-25(35)36-8)37-38(9,10)29(3,4)5/h11-16,19,23H,17-18H2,1-10H3/b16-15+/t23-/m1/s1. The molecule has 1 heterocycles. The molecule has 0 N–H and O–H groups in total. The van der Waals surface area contributed by atoms with Crippen molar-refractivity contribution in [2.75, 3.05) is 26.1 Å². The number of esters is 1. The Kier molecular flexibility index (Phi) is 10.5. The summed E-state index contributed by atoms with van der Waals surface area (Å²) in [6.45, 7) is 14.5. The van der Waals surface area contributed by atoms with Crippen LogP contribution in [0.5, 0.6) is 0 Å².